The maximum absolute atomic E-state index is 11.3. The van der Waals surface area contributed by atoms with Crippen LogP contribution in [-0.2, 0) is 11.3 Å². The first kappa shape index (κ1) is 17.0. The van der Waals surface area contributed by atoms with Crippen LogP contribution < -0.4 is 5.32 Å². The number of rotatable bonds is 7. The zero-order valence-electron chi connectivity index (χ0n) is 13.7. The molecule has 0 radical (unpaired) electrons. The molecule has 2 rings (SSSR count). The molecule has 0 aliphatic carbocycles. The molecule has 2 N–H and O–H groups in total. The van der Waals surface area contributed by atoms with E-state index < -0.39 is 12.0 Å². The molecule has 4 nitrogen and oxygen atoms in total. The predicted molar refractivity (Wildman–Crippen MR) is 88.9 cm³/mol. The van der Waals surface area contributed by atoms with Gasteiger partial charge in [0.05, 0.1) is 0 Å². The number of aryl methyl sites for hydroxylation is 1. The van der Waals surface area contributed by atoms with Gasteiger partial charge in [0, 0.05) is 13.1 Å². The second-order valence-electron chi connectivity index (χ2n) is 6.41. The second kappa shape index (κ2) is 8.30. The molecule has 2 unspecified atom stereocenters. The van der Waals surface area contributed by atoms with Crippen LogP contribution in [0.1, 0.15) is 37.3 Å². The quantitative estimate of drug-likeness (QED) is 0.813. The monoisotopic (exact) mass is 304 g/mol. The van der Waals surface area contributed by atoms with Crippen LogP contribution >= 0.6 is 0 Å². The summed E-state index contributed by atoms with van der Waals surface area (Å²) in [6, 6.07) is 8.29. The Morgan fingerprint density at radius 2 is 2.14 bits per heavy atom. The van der Waals surface area contributed by atoms with Crippen LogP contribution in [0.25, 0.3) is 0 Å². The van der Waals surface area contributed by atoms with Crippen LogP contribution in [0.2, 0.25) is 0 Å². The number of nitrogens with zero attached hydrogens (tertiary/aromatic N) is 1. The number of likely N-dealkylation sites (tertiary alicyclic amines) is 1. The molecule has 1 aromatic rings. The molecule has 22 heavy (non-hydrogen) atoms. The molecule has 1 saturated heterocycles. The van der Waals surface area contributed by atoms with Crippen LogP contribution in [-0.4, -0.2) is 41.7 Å². The van der Waals surface area contributed by atoms with Crippen LogP contribution in [0.15, 0.2) is 24.3 Å². The Balaban J connectivity index is 1.88. The molecule has 0 amide bonds. The van der Waals surface area contributed by atoms with E-state index in [-0.39, 0.29) is 0 Å². The minimum atomic E-state index is -0.725. The highest BCUT2D eigenvalue weighted by molar-refractivity contribution is 5.73. The number of aliphatic carboxylic acids is 1. The Bertz CT molecular complexity index is 472. The zero-order valence-corrected chi connectivity index (χ0v) is 13.7. The lowest BCUT2D eigenvalue weighted by atomic mass is 9.91. The lowest BCUT2D eigenvalue weighted by Gasteiger charge is -2.34. The molecule has 0 bridgehead atoms. The fourth-order valence-electron chi connectivity index (χ4n) is 3.29. The highest BCUT2D eigenvalue weighted by atomic mass is 16.4. The van der Waals surface area contributed by atoms with Gasteiger partial charge in [0.15, 0.2) is 0 Å². The third-order valence-electron chi connectivity index (χ3n) is 4.45. The average molecular weight is 304 g/mol. The Morgan fingerprint density at radius 3 is 2.77 bits per heavy atom. The fraction of sp³-hybridized carbons (Fsp3) is 0.611. The minimum absolute atomic E-state index is 0.408. The molecule has 0 aromatic heterocycles. The number of likely N-dealkylation sites (N-methyl/N-ethyl adjacent to an activating group) is 1. The second-order valence-corrected chi connectivity index (χ2v) is 6.41. The summed E-state index contributed by atoms with van der Waals surface area (Å²) in [4.78, 5) is 13.8. The maximum Gasteiger partial charge on any atom is 0.320 e. The SMILES string of the molecule is CCNC(CC1CCCN(Cc2ccc(C)cc2)C1)C(=O)O. The summed E-state index contributed by atoms with van der Waals surface area (Å²) in [5.74, 6) is -0.253. The summed E-state index contributed by atoms with van der Waals surface area (Å²) in [6.45, 7) is 7.85. The van der Waals surface area contributed by atoms with Crippen LogP contribution in [0.3, 0.4) is 0 Å². The van der Waals surface area contributed by atoms with Crippen molar-refractivity contribution in [1.29, 1.82) is 0 Å². The van der Waals surface area contributed by atoms with Gasteiger partial charge in [-0.05, 0) is 50.8 Å². The van der Waals surface area contributed by atoms with Crippen molar-refractivity contribution in [3.63, 3.8) is 0 Å². The molecule has 0 saturated carbocycles. The molecule has 0 spiro atoms. The number of carboxylic acids is 1. The molecule has 1 aromatic carbocycles. The first-order chi connectivity index (χ1) is 10.6. The maximum atomic E-state index is 11.3. The Kier molecular flexibility index (Phi) is 6.40. The van der Waals surface area contributed by atoms with Gasteiger partial charge in [-0.15, -0.1) is 0 Å². The molecule has 1 aliphatic rings. The van der Waals surface area contributed by atoms with Crippen molar-refractivity contribution in [3.8, 4) is 0 Å². The number of nitrogens with one attached hydrogen (secondary N) is 1. The summed E-state index contributed by atoms with van der Waals surface area (Å²) < 4.78 is 0. The van der Waals surface area contributed by atoms with Gasteiger partial charge in [-0.25, -0.2) is 0 Å². The first-order valence-corrected chi connectivity index (χ1v) is 8.32. The molecule has 1 fully saturated rings. The van der Waals surface area contributed by atoms with E-state index in [4.69, 9.17) is 0 Å². The van der Waals surface area contributed by atoms with Crippen molar-refractivity contribution >= 4 is 5.97 Å². The number of carbonyl (C=O) groups is 1. The van der Waals surface area contributed by atoms with Gasteiger partial charge in [-0.2, -0.15) is 0 Å². The van der Waals surface area contributed by atoms with Gasteiger partial charge >= 0.3 is 5.97 Å². The largest absolute Gasteiger partial charge is 0.480 e. The van der Waals surface area contributed by atoms with E-state index in [2.05, 4.69) is 41.4 Å². The zero-order chi connectivity index (χ0) is 15.9. The predicted octanol–water partition coefficient (Wildman–Crippen LogP) is 2.66. The number of benzene rings is 1. The Morgan fingerprint density at radius 1 is 1.41 bits per heavy atom. The molecule has 1 aliphatic heterocycles. The van der Waals surface area contributed by atoms with Crippen LogP contribution in [0.5, 0.6) is 0 Å². The summed E-state index contributed by atoms with van der Waals surface area (Å²) in [7, 11) is 0. The molecule has 2 atom stereocenters. The Hall–Kier alpha value is -1.39. The van der Waals surface area contributed by atoms with Gasteiger partial charge in [0.1, 0.15) is 6.04 Å². The summed E-state index contributed by atoms with van der Waals surface area (Å²) in [5.41, 5.74) is 2.63. The number of piperidine rings is 1. The number of hydrogen-bond donors (Lipinski definition) is 2. The van der Waals surface area contributed by atoms with E-state index in [1.165, 1.54) is 11.1 Å². The smallest absolute Gasteiger partial charge is 0.320 e. The molecule has 4 heteroatoms. The lowest BCUT2D eigenvalue weighted by Crippen LogP contribution is -2.42. The Labute approximate surface area is 133 Å². The van der Waals surface area contributed by atoms with Gasteiger partial charge in [-0.3, -0.25) is 9.69 Å². The highest BCUT2D eigenvalue weighted by Gasteiger charge is 2.26. The average Bonchev–Trinajstić information content (AvgIpc) is 2.49. The normalized spacial score (nSPS) is 20.7. The van der Waals surface area contributed by atoms with Crippen molar-refractivity contribution in [1.82, 2.24) is 10.2 Å². The summed E-state index contributed by atoms with van der Waals surface area (Å²) in [5, 5.41) is 12.4. The molecule has 122 valence electrons. The van der Waals surface area contributed by atoms with Gasteiger partial charge < -0.3 is 10.4 Å². The van der Waals surface area contributed by atoms with Crippen molar-refractivity contribution in [2.24, 2.45) is 5.92 Å². The van der Waals surface area contributed by atoms with E-state index in [1.54, 1.807) is 0 Å². The summed E-state index contributed by atoms with van der Waals surface area (Å²) >= 11 is 0. The van der Waals surface area contributed by atoms with Crippen molar-refractivity contribution in [2.45, 2.75) is 45.7 Å². The number of hydrogen-bond acceptors (Lipinski definition) is 3. The molecular formula is C18H28N2O2. The van der Waals surface area contributed by atoms with E-state index in [9.17, 15) is 9.90 Å². The van der Waals surface area contributed by atoms with Crippen molar-refractivity contribution < 1.29 is 9.90 Å². The van der Waals surface area contributed by atoms with Crippen molar-refractivity contribution in [3.05, 3.63) is 35.4 Å². The topological polar surface area (TPSA) is 52.6 Å². The third-order valence-corrected chi connectivity index (χ3v) is 4.45. The third kappa shape index (κ3) is 5.11. The van der Waals surface area contributed by atoms with Gasteiger partial charge in [-0.1, -0.05) is 36.8 Å². The van der Waals surface area contributed by atoms with E-state index in [1.807, 2.05) is 6.92 Å². The summed E-state index contributed by atoms with van der Waals surface area (Å²) in [6.07, 6.45) is 3.03. The van der Waals surface area contributed by atoms with E-state index in [0.717, 1.165) is 38.9 Å². The van der Waals surface area contributed by atoms with E-state index >= 15 is 0 Å². The lowest BCUT2D eigenvalue weighted by molar-refractivity contribution is -0.140. The highest BCUT2D eigenvalue weighted by Crippen LogP contribution is 2.22. The van der Waals surface area contributed by atoms with Gasteiger partial charge in [0.2, 0.25) is 0 Å². The van der Waals surface area contributed by atoms with Crippen LogP contribution in [0.4, 0.5) is 0 Å². The van der Waals surface area contributed by atoms with Crippen molar-refractivity contribution in [2.75, 3.05) is 19.6 Å². The van der Waals surface area contributed by atoms with E-state index in [0.29, 0.717) is 12.5 Å². The van der Waals surface area contributed by atoms with Gasteiger partial charge in [0.25, 0.3) is 0 Å². The van der Waals surface area contributed by atoms with Crippen LogP contribution in [0, 0.1) is 12.8 Å². The first-order valence-electron chi connectivity index (χ1n) is 8.32. The fourth-order valence-corrected chi connectivity index (χ4v) is 3.29. The number of carboxylic acid groups (broad SMARTS) is 1. The standard InChI is InChI=1S/C18H28N2O2/c1-3-19-17(18(21)22)11-16-5-4-10-20(13-16)12-15-8-6-14(2)7-9-15/h6-9,16-17,19H,3-5,10-13H2,1-2H3,(H,21,22). The minimum Gasteiger partial charge on any atom is -0.480 e. The molecular weight excluding hydrogens is 276 g/mol. The molecule has 1 heterocycles.